The standard InChI is InChI=1S/C29H35N5O6/c1-38-25-18-22(39-21-12-16-33(17-13-21)29-30-28(37)31-40-29)7-8-23(25)27(36)32-14-10-20(11-15-32)34-24-5-3-2-4-19(24)6-9-26(34)35/h2-5,7-8,18,20-21,29H,6,9-17H2,1H3,(H2,30,31,37). The summed E-state index contributed by atoms with van der Waals surface area (Å²) in [5.74, 6) is 1.23. The minimum Gasteiger partial charge on any atom is -0.496 e. The van der Waals surface area contributed by atoms with Gasteiger partial charge in [0.15, 0.2) is 0 Å². The Morgan fingerprint density at radius 3 is 2.48 bits per heavy atom. The minimum absolute atomic E-state index is 0.00854. The number of piperidine rings is 2. The van der Waals surface area contributed by atoms with Crippen molar-refractivity contribution in [3.05, 3.63) is 53.6 Å². The Balaban J connectivity index is 1.05. The molecule has 6 rings (SSSR count). The number of aryl methyl sites for hydroxylation is 1. The average molecular weight is 550 g/mol. The quantitative estimate of drug-likeness (QED) is 0.570. The highest BCUT2D eigenvalue weighted by Crippen LogP contribution is 2.33. The Labute approximate surface area is 233 Å². The summed E-state index contributed by atoms with van der Waals surface area (Å²) in [5.41, 5.74) is 5.04. The molecule has 3 fully saturated rings. The van der Waals surface area contributed by atoms with Gasteiger partial charge in [0.1, 0.15) is 17.6 Å². The fourth-order valence-electron chi connectivity index (χ4n) is 6.14. The normalized spacial score (nSPS) is 22.5. The minimum atomic E-state index is -0.458. The van der Waals surface area contributed by atoms with E-state index < -0.39 is 6.35 Å². The van der Waals surface area contributed by atoms with Crippen LogP contribution in [-0.4, -0.2) is 79.4 Å². The lowest BCUT2D eigenvalue weighted by molar-refractivity contribution is -0.119. The molecule has 1 atom stereocenters. The highest BCUT2D eigenvalue weighted by Gasteiger charge is 2.35. The molecule has 2 aromatic rings. The summed E-state index contributed by atoms with van der Waals surface area (Å²) in [5, 5.41) is 2.72. The molecule has 2 aromatic carbocycles. The highest BCUT2D eigenvalue weighted by molar-refractivity contribution is 5.98. The lowest BCUT2D eigenvalue weighted by atomic mass is 9.95. The van der Waals surface area contributed by atoms with Gasteiger partial charge >= 0.3 is 6.03 Å². The molecule has 11 heteroatoms. The molecule has 0 aliphatic carbocycles. The maximum Gasteiger partial charge on any atom is 0.341 e. The maximum absolute atomic E-state index is 13.5. The van der Waals surface area contributed by atoms with E-state index in [1.54, 1.807) is 19.2 Å². The van der Waals surface area contributed by atoms with Crippen LogP contribution in [0.4, 0.5) is 10.5 Å². The van der Waals surface area contributed by atoms with Crippen LogP contribution in [0.2, 0.25) is 0 Å². The van der Waals surface area contributed by atoms with Crippen molar-refractivity contribution in [2.24, 2.45) is 0 Å². The number of urea groups is 1. The molecule has 11 nitrogen and oxygen atoms in total. The van der Waals surface area contributed by atoms with Crippen molar-refractivity contribution in [1.82, 2.24) is 20.6 Å². The Kier molecular flexibility index (Phi) is 7.48. The van der Waals surface area contributed by atoms with Crippen LogP contribution in [0.5, 0.6) is 11.5 Å². The first-order chi connectivity index (χ1) is 19.5. The number of hydroxylamine groups is 1. The molecular formula is C29H35N5O6. The lowest BCUT2D eigenvalue weighted by Gasteiger charge is -2.41. The van der Waals surface area contributed by atoms with Crippen molar-refractivity contribution < 1.29 is 28.7 Å². The Morgan fingerprint density at radius 1 is 0.975 bits per heavy atom. The second-order valence-electron chi connectivity index (χ2n) is 10.7. The fourth-order valence-corrected chi connectivity index (χ4v) is 6.14. The lowest BCUT2D eigenvalue weighted by Crippen LogP contribution is -2.50. The molecule has 212 valence electrons. The number of amides is 4. The molecule has 0 radical (unpaired) electrons. The molecule has 4 aliphatic heterocycles. The number of rotatable bonds is 6. The van der Waals surface area contributed by atoms with E-state index in [2.05, 4.69) is 16.9 Å². The van der Waals surface area contributed by atoms with Crippen LogP contribution in [-0.2, 0) is 16.1 Å². The van der Waals surface area contributed by atoms with Crippen LogP contribution in [0.15, 0.2) is 42.5 Å². The van der Waals surface area contributed by atoms with Gasteiger partial charge in [0, 0.05) is 50.4 Å². The number of para-hydroxylation sites is 1. The largest absolute Gasteiger partial charge is 0.496 e. The van der Waals surface area contributed by atoms with E-state index in [0.29, 0.717) is 36.6 Å². The number of likely N-dealkylation sites (tertiary alicyclic amines) is 2. The predicted octanol–water partition coefficient (Wildman–Crippen LogP) is 2.65. The zero-order chi connectivity index (χ0) is 27.6. The molecule has 4 heterocycles. The zero-order valence-electron chi connectivity index (χ0n) is 22.6. The van der Waals surface area contributed by atoms with Crippen LogP contribution in [0.3, 0.4) is 0 Å². The molecule has 1 unspecified atom stereocenters. The van der Waals surface area contributed by atoms with E-state index in [1.165, 1.54) is 5.56 Å². The number of methoxy groups -OCH3 is 1. The second-order valence-corrected chi connectivity index (χ2v) is 10.7. The van der Waals surface area contributed by atoms with Crippen LogP contribution >= 0.6 is 0 Å². The van der Waals surface area contributed by atoms with Gasteiger partial charge in [0.25, 0.3) is 5.91 Å². The summed E-state index contributed by atoms with van der Waals surface area (Å²) in [4.78, 5) is 48.7. The summed E-state index contributed by atoms with van der Waals surface area (Å²) < 4.78 is 11.8. The topological polar surface area (TPSA) is 113 Å². The SMILES string of the molecule is COc1cc(OC2CCN(C3NC(=O)NO3)CC2)ccc1C(=O)N1CCC(N2C(=O)CCc3ccccc32)CC1. The number of carbonyl (C=O) groups excluding carboxylic acids is 3. The third-order valence-corrected chi connectivity index (χ3v) is 8.28. The molecule has 2 N–H and O–H groups in total. The number of hydrogen-bond donors (Lipinski definition) is 2. The van der Waals surface area contributed by atoms with E-state index >= 15 is 0 Å². The summed E-state index contributed by atoms with van der Waals surface area (Å²) >= 11 is 0. The van der Waals surface area contributed by atoms with Crippen molar-refractivity contribution >= 4 is 23.5 Å². The highest BCUT2D eigenvalue weighted by atomic mass is 16.7. The first-order valence-corrected chi connectivity index (χ1v) is 14.0. The molecule has 0 aromatic heterocycles. The van der Waals surface area contributed by atoms with Crippen LogP contribution < -0.4 is 25.2 Å². The van der Waals surface area contributed by atoms with Crippen LogP contribution in [0.25, 0.3) is 0 Å². The van der Waals surface area contributed by atoms with Crippen LogP contribution in [0.1, 0.15) is 48.0 Å². The molecule has 4 amide bonds. The number of benzene rings is 2. The van der Waals surface area contributed by atoms with Gasteiger partial charge < -0.3 is 19.3 Å². The van der Waals surface area contributed by atoms with Crippen LogP contribution in [0, 0.1) is 0 Å². The van der Waals surface area contributed by atoms with Crippen molar-refractivity contribution in [2.75, 3.05) is 38.2 Å². The zero-order valence-corrected chi connectivity index (χ0v) is 22.6. The Bertz CT molecular complexity index is 1270. The van der Waals surface area contributed by atoms with Gasteiger partial charge in [0.2, 0.25) is 12.3 Å². The van der Waals surface area contributed by atoms with E-state index in [0.717, 1.165) is 50.9 Å². The van der Waals surface area contributed by atoms with Crippen molar-refractivity contribution in [3.8, 4) is 11.5 Å². The number of anilines is 1. The first kappa shape index (κ1) is 26.4. The van der Waals surface area contributed by atoms with Gasteiger partial charge in [0.05, 0.1) is 12.7 Å². The smallest absolute Gasteiger partial charge is 0.341 e. The van der Waals surface area contributed by atoms with Crippen molar-refractivity contribution in [3.63, 3.8) is 0 Å². The number of carbonyl (C=O) groups is 3. The molecule has 0 spiro atoms. The van der Waals surface area contributed by atoms with Crippen molar-refractivity contribution in [1.29, 1.82) is 0 Å². The van der Waals surface area contributed by atoms with Gasteiger partial charge in [-0.25, -0.2) is 15.1 Å². The molecule has 3 saturated heterocycles. The van der Waals surface area contributed by atoms with Crippen molar-refractivity contribution in [2.45, 2.75) is 57.0 Å². The van der Waals surface area contributed by atoms with E-state index in [4.69, 9.17) is 14.3 Å². The molecule has 0 bridgehead atoms. The first-order valence-electron chi connectivity index (χ1n) is 14.0. The second kappa shape index (κ2) is 11.3. The number of nitrogens with zero attached hydrogens (tertiary/aromatic N) is 3. The summed E-state index contributed by atoms with van der Waals surface area (Å²) in [7, 11) is 1.56. The summed E-state index contributed by atoms with van der Waals surface area (Å²) in [6.07, 6.45) is 3.89. The number of fused-ring (bicyclic) bond motifs is 1. The maximum atomic E-state index is 13.5. The molecule has 4 aliphatic rings. The van der Waals surface area contributed by atoms with E-state index in [-0.39, 0.29) is 30.0 Å². The van der Waals surface area contributed by atoms with Gasteiger partial charge in [-0.2, -0.15) is 0 Å². The Morgan fingerprint density at radius 2 is 1.75 bits per heavy atom. The third kappa shape index (κ3) is 5.31. The van der Waals surface area contributed by atoms with Gasteiger partial charge in [-0.05, 0) is 55.9 Å². The summed E-state index contributed by atoms with van der Waals surface area (Å²) in [6, 6.07) is 13.3. The van der Waals surface area contributed by atoms with E-state index in [9.17, 15) is 14.4 Å². The fraction of sp³-hybridized carbons (Fsp3) is 0.483. The van der Waals surface area contributed by atoms with E-state index in [1.807, 2.05) is 39.0 Å². The van der Waals surface area contributed by atoms with Gasteiger partial charge in [-0.3, -0.25) is 19.8 Å². The number of hydrogen-bond acceptors (Lipinski definition) is 7. The molecule has 40 heavy (non-hydrogen) atoms. The summed E-state index contributed by atoms with van der Waals surface area (Å²) in [6.45, 7) is 2.59. The van der Waals surface area contributed by atoms with Gasteiger partial charge in [-0.15, -0.1) is 0 Å². The molecule has 0 saturated carbocycles. The van der Waals surface area contributed by atoms with Gasteiger partial charge in [-0.1, -0.05) is 18.2 Å². The number of ether oxygens (including phenoxy) is 2. The average Bonchev–Trinajstić information content (AvgIpc) is 3.43. The third-order valence-electron chi connectivity index (χ3n) is 8.28. The predicted molar refractivity (Wildman–Crippen MR) is 146 cm³/mol. The molecular weight excluding hydrogens is 514 g/mol. The monoisotopic (exact) mass is 549 g/mol. The number of nitrogens with one attached hydrogen (secondary N) is 2. The Hall–Kier alpha value is -3.83.